The third kappa shape index (κ3) is 8.19. The number of carbonyl (C=O) groups is 1. The number of carbonyl (C=O) groups excluding carboxylic acids is 1. The van der Waals surface area contributed by atoms with E-state index in [9.17, 15) is 4.79 Å². The molecule has 1 amide bonds. The van der Waals surface area contributed by atoms with Crippen LogP contribution in [0.1, 0.15) is 65.7 Å². The smallest absolute Gasteiger partial charge is 0.236 e. The number of nitrogens with two attached hydrogens (primary N) is 1. The van der Waals surface area contributed by atoms with Crippen molar-refractivity contribution >= 4 is 5.91 Å². The van der Waals surface area contributed by atoms with Gasteiger partial charge in [0.15, 0.2) is 0 Å². The first kappa shape index (κ1) is 16.4. The van der Waals surface area contributed by atoms with Gasteiger partial charge >= 0.3 is 0 Å². The van der Waals surface area contributed by atoms with Crippen molar-refractivity contribution in [2.45, 2.75) is 71.8 Å². The van der Waals surface area contributed by atoms with E-state index in [1.165, 1.54) is 19.3 Å². The highest BCUT2D eigenvalue weighted by atomic mass is 16.2. The molecule has 3 N–H and O–H groups in total. The summed E-state index contributed by atoms with van der Waals surface area (Å²) >= 11 is 0. The summed E-state index contributed by atoms with van der Waals surface area (Å²) in [5, 5.41) is 2.99. The van der Waals surface area contributed by atoms with E-state index in [0.717, 1.165) is 32.2 Å². The fourth-order valence-electron chi connectivity index (χ4n) is 1.87. The quantitative estimate of drug-likeness (QED) is 0.619. The van der Waals surface area contributed by atoms with Gasteiger partial charge in [0.2, 0.25) is 5.91 Å². The molecule has 0 rings (SSSR count). The molecule has 0 aromatic heterocycles. The molecule has 0 aliphatic carbocycles. The van der Waals surface area contributed by atoms with Crippen LogP contribution in [-0.2, 0) is 4.79 Å². The fourth-order valence-corrected chi connectivity index (χ4v) is 1.87. The zero-order chi connectivity index (χ0) is 13.1. The van der Waals surface area contributed by atoms with Crippen LogP contribution in [0.25, 0.3) is 0 Å². The summed E-state index contributed by atoms with van der Waals surface area (Å²) in [6.07, 6.45) is 7.73. The van der Waals surface area contributed by atoms with Crippen LogP contribution >= 0.6 is 0 Å². The Morgan fingerprint density at radius 2 is 1.71 bits per heavy atom. The molecule has 0 bridgehead atoms. The normalized spacial score (nSPS) is 14.4. The van der Waals surface area contributed by atoms with Crippen molar-refractivity contribution in [1.82, 2.24) is 5.32 Å². The second-order valence-electron chi connectivity index (χ2n) is 4.91. The Hall–Kier alpha value is -0.570. The minimum Gasteiger partial charge on any atom is -0.354 e. The monoisotopic (exact) mass is 242 g/mol. The Balaban J connectivity index is 3.78. The average molecular weight is 242 g/mol. The Kier molecular flexibility index (Phi) is 10.2. The molecule has 0 heterocycles. The summed E-state index contributed by atoms with van der Waals surface area (Å²) in [5.74, 6) is 0.630. The van der Waals surface area contributed by atoms with Gasteiger partial charge in [0.1, 0.15) is 0 Å². The molecule has 2 unspecified atom stereocenters. The van der Waals surface area contributed by atoms with Gasteiger partial charge in [-0.2, -0.15) is 0 Å². The van der Waals surface area contributed by atoms with Crippen molar-refractivity contribution in [1.29, 1.82) is 0 Å². The van der Waals surface area contributed by atoms with E-state index < -0.39 is 0 Å². The number of hydrogen-bond donors (Lipinski definition) is 2. The molecule has 0 spiro atoms. The van der Waals surface area contributed by atoms with Gasteiger partial charge < -0.3 is 11.1 Å². The molecule has 3 nitrogen and oxygen atoms in total. The van der Waals surface area contributed by atoms with E-state index in [2.05, 4.69) is 26.1 Å². The van der Waals surface area contributed by atoms with Crippen LogP contribution in [0.15, 0.2) is 0 Å². The Morgan fingerprint density at radius 1 is 1.12 bits per heavy atom. The van der Waals surface area contributed by atoms with E-state index >= 15 is 0 Å². The topological polar surface area (TPSA) is 55.1 Å². The second kappa shape index (κ2) is 10.6. The molecule has 0 fully saturated rings. The van der Waals surface area contributed by atoms with Crippen molar-refractivity contribution in [2.24, 2.45) is 11.7 Å². The lowest BCUT2D eigenvalue weighted by Crippen LogP contribution is -2.42. The second-order valence-corrected chi connectivity index (χ2v) is 4.91. The van der Waals surface area contributed by atoms with Crippen LogP contribution in [0.3, 0.4) is 0 Å². The van der Waals surface area contributed by atoms with Crippen LogP contribution in [0, 0.1) is 5.92 Å². The average Bonchev–Trinajstić information content (AvgIpc) is 2.35. The van der Waals surface area contributed by atoms with Gasteiger partial charge in [-0.05, 0) is 18.8 Å². The molecule has 0 aromatic rings. The summed E-state index contributed by atoms with van der Waals surface area (Å²) in [6, 6.07) is -0.321. The molecule has 0 saturated heterocycles. The molecule has 17 heavy (non-hydrogen) atoms. The van der Waals surface area contributed by atoms with Gasteiger partial charge in [-0.3, -0.25) is 4.79 Å². The maximum Gasteiger partial charge on any atom is 0.236 e. The molecule has 0 aliphatic heterocycles. The first-order valence-corrected chi connectivity index (χ1v) is 7.18. The summed E-state index contributed by atoms with van der Waals surface area (Å²) in [4.78, 5) is 11.7. The van der Waals surface area contributed by atoms with Gasteiger partial charge in [0.25, 0.3) is 0 Å². The van der Waals surface area contributed by atoms with Crippen LogP contribution in [0.4, 0.5) is 0 Å². The fraction of sp³-hybridized carbons (Fsp3) is 0.929. The van der Waals surface area contributed by atoms with Crippen molar-refractivity contribution in [3.63, 3.8) is 0 Å². The van der Waals surface area contributed by atoms with Gasteiger partial charge in [-0.1, -0.05) is 52.9 Å². The predicted molar refractivity (Wildman–Crippen MR) is 73.8 cm³/mol. The third-order valence-electron chi connectivity index (χ3n) is 3.31. The van der Waals surface area contributed by atoms with Crippen LogP contribution in [0.2, 0.25) is 0 Å². The summed E-state index contributed by atoms with van der Waals surface area (Å²) in [7, 11) is 0. The van der Waals surface area contributed by atoms with E-state index in [-0.39, 0.29) is 11.9 Å². The molecular formula is C14H30N2O. The van der Waals surface area contributed by atoms with Gasteiger partial charge in [-0.15, -0.1) is 0 Å². The minimum absolute atomic E-state index is 0.0217. The zero-order valence-corrected chi connectivity index (χ0v) is 11.8. The van der Waals surface area contributed by atoms with Crippen molar-refractivity contribution in [3.8, 4) is 0 Å². The molecule has 0 aromatic carbocycles. The maximum atomic E-state index is 11.7. The highest BCUT2D eigenvalue weighted by Gasteiger charge is 2.14. The van der Waals surface area contributed by atoms with Gasteiger partial charge in [0, 0.05) is 6.54 Å². The van der Waals surface area contributed by atoms with Crippen LogP contribution < -0.4 is 11.1 Å². The van der Waals surface area contributed by atoms with Crippen LogP contribution in [0.5, 0.6) is 0 Å². The van der Waals surface area contributed by atoms with Crippen molar-refractivity contribution < 1.29 is 4.79 Å². The van der Waals surface area contributed by atoms with E-state index in [1.54, 1.807) is 0 Å². The minimum atomic E-state index is -0.321. The molecule has 2 atom stereocenters. The number of hydrogen-bond acceptors (Lipinski definition) is 2. The zero-order valence-electron chi connectivity index (χ0n) is 11.8. The summed E-state index contributed by atoms with van der Waals surface area (Å²) in [6.45, 7) is 7.28. The lowest BCUT2D eigenvalue weighted by molar-refractivity contribution is -0.122. The Morgan fingerprint density at radius 3 is 2.24 bits per heavy atom. The molecule has 3 heteroatoms. The van der Waals surface area contributed by atoms with Gasteiger partial charge in [0.05, 0.1) is 6.04 Å². The number of rotatable bonds is 10. The molecular weight excluding hydrogens is 212 g/mol. The van der Waals surface area contributed by atoms with Crippen molar-refractivity contribution in [3.05, 3.63) is 0 Å². The van der Waals surface area contributed by atoms with E-state index in [0.29, 0.717) is 5.92 Å². The predicted octanol–water partition coefficient (Wildman–Crippen LogP) is 2.84. The lowest BCUT2D eigenvalue weighted by Gasteiger charge is -2.17. The maximum absolute atomic E-state index is 11.7. The molecule has 0 radical (unpaired) electrons. The SMILES string of the molecule is CCCCC(CC)CNC(=O)C(N)CCCC. The Bertz CT molecular complexity index is 195. The largest absolute Gasteiger partial charge is 0.354 e. The molecule has 102 valence electrons. The van der Waals surface area contributed by atoms with Crippen LogP contribution in [-0.4, -0.2) is 18.5 Å². The molecule has 0 aliphatic rings. The Labute approximate surface area is 107 Å². The van der Waals surface area contributed by atoms with E-state index in [1.807, 2.05) is 0 Å². The third-order valence-corrected chi connectivity index (χ3v) is 3.31. The van der Waals surface area contributed by atoms with Crippen molar-refractivity contribution in [2.75, 3.05) is 6.54 Å². The summed E-state index contributed by atoms with van der Waals surface area (Å²) < 4.78 is 0. The highest BCUT2D eigenvalue weighted by Crippen LogP contribution is 2.11. The highest BCUT2D eigenvalue weighted by molar-refractivity contribution is 5.81. The summed E-state index contributed by atoms with van der Waals surface area (Å²) in [5.41, 5.74) is 5.82. The lowest BCUT2D eigenvalue weighted by atomic mass is 9.99. The van der Waals surface area contributed by atoms with E-state index in [4.69, 9.17) is 5.73 Å². The van der Waals surface area contributed by atoms with Gasteiger partial charge in [-0.25, -0.2) is 0 Å². The number of unbranched alkanes of at least 4 members (excludes halogenated alkanes) is 2. The first-order valence-electron chi connectivity index (χ1n) is 7.18. The number of amides is 1. The standard InChI is InChI=1S/C14H30N2O/c1-4-7-9-12(6-3)11-16-14(17)13(15)10-8-5-2/h12-13H,4-11,15H2,1-3H3,(H,16,17). The molecule has 0 saturated carbocycles. The first-order chi connectivity index (χ1) is 8.15. The number of nitrogens with one attached hydrogen (secondary N) is 1.